The van der Waals surface area contributed by atoms with Crippen molar-refractivity contribution in [3.05, 3.63) is 35.1 Å². The number of hydrogen-bond acceptors (Lipinski definition) is 2. The molecule has 1 unspecified atom stereocenters. The smallest absolute Gasteiger partial charge is 0.130 e. The zero-order valence-corrected chi connectivity index (χ0v) is 8.84. The number of halogens is 1. The summed E-state index contributed by atoms with van der Waals surface area (Å²) in [4.78, 5) is 0. The van der Waals surface area contributed by atoms with E-state index in [1.807, 2.05) is 19.9 Å². The zero-order chi connectivity index (χ0) is 10.7. The summed E-state index contributed by atoms with van der Waals surface area (Å²) in [6.07, 6.45) is 0. The third-order valence-electron chi connectivity index (χ3n) is 2.40. The summed E-state index contributed by atoms with van der Waals surface area (Å²) in [6.45, 7) is 5.77. The Morgan fingerprint density at radius 1 is 1.36 bits per heavy atom. The Hall–Kier alpha value is -0.930. The van der Waals surface area contributed by atoms with Crippen molar-refractivity contribution < 1.29 is 4.39 Å². The fourth-order valence-electron chi connectivity index (χ4n) is 1.55. The molecule has 0 radical (unpaired) electrons. The average molecular weight is 196 g/mol. The highest BCUT2D eigenvalue weighted by Crippen LogP contribution is 2.24. The van der Waals surface area contributed by atoms with Crippen LogP contribution in [0.3, 0.4) is 0 Å². The largest absolute Gasteiger partial charge is 0.271 e. The monoisotopic (exact) mass is 196 g/mol. The second-order valence-corrected chi connectivity index (χ2v) is 3.87. The molecule has 3 N–H and O–H groups in total. The molecule has 0 aliphatic carbocycles. The van der Waals surface area contributed by atoms with E-state index in [-0.39, 0.29) is 17.8 Å². The van der Waals surface area contributed by atoms with E-state index in [0.717, 1.165) is 0 Å². The van der Waals surface area contributed by atoms with E-state index in [4.69, 9.17) is 5.84 Å². The van der Waals surface area contributed by atoms with Gasteiger partial charge in [-0.1, -0.05) is 32.0 Å². The lowest BCUT2D eigenvalue weighted by atomic mass is 9.95. The molecule has 0 aliphatic rings. The van der Waals surface area contributed by atoms with Crippen LogP contribution in [0.15, 0.2) is 18.2 Å². The summed E-state index contributed by atoms with van der Waals surface area (Å²) in [5.41, 5.74) is 3.94. The predicted molar refractivity (Wildman–Crippen MR) is 56.0 cm³/mol. The highest BCUT2D eigenvalue weighted by atomic mass is 19.1. The molecule has 0 heterocycles. The fraction of sp³-hybridized carbons (Fsp3) is 0.455. The van der Waals surface area contributed by atoms with Crippen molar-refractivity contribution in [3.63, 3.8) is 0 Å². The minimum absolute atomic E-state index is 0.130. The third-order valence-corrected chi connectivity index (χ3v) is 2.40. The van der Waals surface area contributed by atoms with Crippen LogP contribution < -0.4 is 11.3 Å². The lowest BCUT2D eigenvalue weighted by Gasteiger charge is -2.21. The summed E-state index contributed by atoms with van der Waals surface area (Å²) in [6, 6.07) is 5.25. The minimum Gasteiger partial charge on any atom is -0.271 e. The van der Waals surface area contributed by atoms with E-state index >= 15 is 0 Å². The van der Waals surface area contributed by atoms with Gasteiger partial charge in [0, 0.05) is 5.56 Å². The van der Waals surface area contributed by atoms with Crippen molar-refractivity contribution in [2.45, 2.75) is 26.8 Å². The van der Waals surface area contributed by atoms with Gasteiger partial charge >= 0.3 is 0 Å². The summed E-state index contributed by atoms with van der Waals surface area (Å²) < 4.78 is 13.7. The second-order valence-electron chi connectivity index (χ2n) is 3.87. The Kier molecular flexibility index (Phi) is 3.61. The number of hydrogen-bond donors (Lipinski definition) is 2. The topological polar surface area (TPSA) is 38.0 Å². The van der Waals surface area contributed by atoms with E-state index in [0.29, 0.717) is 11.1 Å². The summed E-state index contributed by atoms with van der Waals surface area (Å²) >= 11 is 0. The first-order chi connectivity index (χ1) is 6.57. The maximum Gasteiger partial charge on any atom is 0.130 e. The van der Waals surface area contributed by atoms with Crippen molar-refractivity contribution >= 4 is 0 Å². The average Bonchev–Trinajstić information content (AvgIpc) is 2.13. The SMILES string of the molecule is Cc1cccc(C(NN)C(C)C)c1F. The van der Waals surface area contributed by atoms with Gasteiger partial charge in [-0.25, -0.2) is 4.39 Å². The van der Waals surface area contributed by atoms with Crippen LogP contribution in [0, 0.1) is 18.7 Å². The standard InChI is InChI=1S/C11H17FN2/c1-7(2)11(14-13)9-6-4-5-8(3)10(9)12/h4-7,11,14H,13H2,1-3H3. The number of nitrogens with one attached hydrogen (secondary N) is 1. The quantitative estimate of drug-likeness (QED) is 0.575. The molecule has 1 aromatic carbocycles. The summed E-state index contributed by atoms with van der Waals surface area (Å²) in [5, 5.41) is 0. The molecule has 0 saturated heterocycles. The number of rotatable bonds is 3. The lowest BCUT2D eigenvalue weighted by Crippen LogP contribution is -2.32. The van der Waals surface area contributed by atoms with Crippen LogP contribution in [0.2, 0.25) is 0 Å². The van der Waals surface area contributed by atoms with Gasteiger partial charge < -0.3 is 0 Å². The van der Waals surface area contributed by atoms with Gasteiger partial charge in [-0.05, 0) is 18.4 Å². The molecular weight excluding hydrogens is 179 g/mol. The van der Waals surface area contributed by atoms with Crippen molar-refractivity contribution in [3.8, 4) is 0 Å². The first-order valence-electron chi connectivity index (χ1n) is 4.79. The maximum absolute atomic E-state index is 13.7. The van der Waals surface area contributed by atoms with E-state index in [9.17, 15) is 4.39 Å². The number of aryl methyl sites for hydroxylation is 1. The Balaban J connectivity index is 3.10. The molecule has 0 fully saturated rings. The molecule has 1 rings (SSSR count). The molecule has 0 aliphatic heterocycles. The Morgan fingerprint density at radius 3 is 2.50 bits per heavy atom. The van der Waals surface area contributed by atoms with Crippen LogP contribution in [0.25, 0.3) is 0 Å². The molecule has 3 heteroatoms. The van der Waals surface area contributed by atoms with E-state index in [1.165, 1.54) is 0 Å². The van der Waals surface area contributed by atoms with Crippen LogP contribution in [-0.2, 0) is 0 Å². The van der Waals surface area contributed by atoms with Gasteiger partial charge in [0.15, 0.2) is 0 Å². The van der Waals surface area contributed by atoms with E-state index in [2.05, 4.69) is 5.43 Å². The van der Waals surface area contributed by atoms with Gasteiger partial charge in [0.05, 0.1) is 6.04 Å². The zero-order valence-electron chi connectivity index (χ0n) is 8.84. The lowest BCUT2D eigenvalue weighted by molar-refractivity contribution is 0.404. The van der Waals surface area contributed by atoms with Crippen molar-refractivity contribution in [1.29, 1.82) is 0 Å². The van der Waals surface area contributed by atoms with Crippen molar-refractivity contribution in [1.82, 2.24) is 5.43 Å². The summed E-state index contributed by atoms with van der Waals surface area (Å²) in [7, 11) is 0. The van der Waals surface area contributed by atoms with Crippen LogP contribution in [-0.4, -0.2) is 0 Å². The number of benzene rings is 1. The fourth-order valence-corrected chi connectivity index (χ4v) is 1.55. The van der Waals surface area contributed by atoms with Gasteiger partial charge in [-0.3, -0.25) is 11.3 Å². The molecule has 0 spiro atoms. The van der Waals surface area contributed by atoms with Gasteiger partial charge in [-0.2, -0.15) is 0 Å². The maximum atomic E-state index is 13.7. The van der Waals surface area contributed by atoms with E-state index < -0.39 is 0 Å². The van der Waals surface area contributed by atoms with Crippen LogP contribution in [0.1, 0.15) is 31.0 Å². The molecule has 0 saturated carbocycles. The minimum atomic E-state index is -0.163. The molecule has 1 atom stereocenters. The van der Waals surface area contributed by atoms with E-state index in [1.54, 1.807) is 19.1 Å². The molecule has 14 heavy (non-hydrogen) atoms. The molecule has 0 aromatic heterocycles. The highest BCUT2D eigenvalue weighted by molar-refractivity contribution is 5.27. The molecule has 1 aromatic rings. The predicted octanol–water partition coefficient (Wildman–Crippen LogP) is 2.29. The first kappa shape index (κ1) is 11.1. The molecule has 78 valence electrons. The van der Waals surface area contributed by atoms with Crippen LogP contribution in [0.4, 0.5) is 4.39 Å². The molecular formula is C11H17FN2. The first-order valence-corrected chi connectivity index (χ1v) is 4.79. The van der Waals surface area contributed by atoms with Gasteiger partial charge in [0.2, 0.25) is 0 Å². The Morgan fingerprint density at radius 2 is 2.00 bits per heavy atom. The Labute approximate surface area is 84.3 Å². The second kappa shape index (κ2) is 4.53. The van der Waals surface area contributed by atoms with Crippen molar-refractivity contribution in [2.75, 3.05) is 0 Å². The third kappa shape index (κ3) is 2.11. The summed E-state index contributed by atoms with van der Waals surface area (Å²) in [5.74, 6) is 5.51. The molecule has 0 bridgehead atoms. The molecule has 0 amide bonds. The highest BCUT2D eigenvalue weighted by Gasteiger charge is 2.18. The van der Waals surface area contributed by atoms with Gasteiger partial charge in [0.1, 0.15) is 5.82 Å². The number of hydrazine groups is 1. The van der Waals surface area contributed by atoms with Gasteiger partial charge in [0.25, 0.3) is 0 Å². The van der Waals surface area contributed by atoms with Crippen LogP contribution in [0.5, 0.6) is 0 Å². The number of nitrogens with two attached hydrogens (primary N) is 1. The Bertz CT molecular complexity index is 310. The van der Waals surface area contributed by atoms with Gasteiger partial charge in [-0.15, -0.1) is 0 Å². The normalized spacial score (nSPS) is 13.3. The molecule has 2 nitrogen and oxygen atoms in total. The van der Waals surface area contributed by atoms with Crippen molar-refractivity contribution in [2.24, 2.45) is 11.8 Å². The van der Waals surface area contributed by atoms with Crippen LogP contribution >= 0.6 is 0 Å².